The zero-order valence-corrected chi connectivity index (χ0v) is 19.8. The van der Waals surface area contributed by atoms with Gasteiger partial charge >= 0.3 is 0 Å². The summed E-state index contributed by atoms with van der Waals surface area (Å²) >= 11 is 0. The second-order valence-corrected chi connectivity index (χ2v) is 12.4. The summed E-state index contributed by atoms with van der Waals surface area (Å²) in [5.41, 5.74) is 0. The Morgan fingerprint density at radius 3 is 2.35 bits per heavy atom. The van der Waals surface area contributed by atoms with Crippen molar-refractivity contribution in [2.75, 3.05) is 26.0 Å². The Hall–Kier alpha value is -1.19. The lowest BCUT2D eigenvalue weighted by atomic mass is 9.74. The first-order chi connectivity index (χ1) is 14.7. The van der Waals surface area contributed by atoms with E-state index < -0.39 is 9.84 Å². The van der Waals surface area contributed by atoms with Crippen molar-refractivity contribution in [3.63, 3.8) is 0 Å². The fourth-order valence-corrected chi connectivity index (χ4v) is 7.49. The molecule has 4 rings (SSSR count). The molecule has 1 N–H and O–H groups in total. The largest absolute Gasteiger partial charge is 0.368 e. The molecule has 9 heteroatoms. The number of rotatable bonds is 3. The predicted molar refractivity (Wildman–Crippen MR) is 117 cm³/mol. The highest BCUT2D eigenvalue weighted by Gasteiger charge is 2.49. The van der Waals surface area contributed by atoms with E-state index >= 15 is 0 Å². The normalized spacial score (nSPS) is 39.3. The van der Waals surface area contributed by atoms with E-state index in [1.54, 1.807) is 6.92 Å². The van der Waals surface area contributed by atoms with Crippen molar-refractivity contribution in [3.8, 4) is 0 Å². The van der Waals surface area contributed by atoms with E-state index in [4.69, 9.17) is 4.74 Å². The Kier molecular flexibility index (Phi) is 6.66. The van der Waals surface area contributed by atoms with E-state index in [0.717, 1.165) is 51.5 Å². The highest BCUT2D eigenvalue weighted by Crippen LogP contribution is 2.39. The van der Waals surface area contributed by atoms with Crippen LogP contribution in [0.25, 0.3) is 0 Å². The number of amides is 2. The van der Waals surface area contributed by atoms with Gasteiger partial charge in [0.2, 0.25) is 5.91 Å². The standard InChI is InChI=1S/C22H37N3O5S/c1-14-13-24(22(27)20-5-4-10-30-20)19-11-17(12-23-21(19)25(14)15(2)26)16-6-8-18(9-7-16)31(3,28)29/h14,16-21,23H,4-13H2,1-3H3. The molecule has 0 aromatic carbocycles. The number of carbonyl (C=O) groups is 2. The van der Waals surface area contributed by atoms with Gasteiger partial charge < -0.3 is 14.5 Å². The summed E-state index contributed by atoms with van der Waals surface area (Å²) in [6, 6.07) is -0.110. The summed E-state index contributed by atoms with van der Waals surface area (Å²) in [5, 5.41) is 3.39. The van der Waals surface area contributed by atoms with Crippen LogP contribution in [0.1, 0.15) is 58.8 Å². The highest BCUT2D eigenvalue weighted by molar-refractivity contribution is 7.91. The molecule has 1 aliphatic carbocycles. The molecule has 0 spiro atoms. The maximum Gasteiger partial charge on any atom is 0.252 e. The lowest BCUT2D eigenvalue weighted by molar-refractivity contribution is -0.162. The minimum Gasteiger partial charge on any atom is -0.368 e. The Bertz CT molecular complexity index is 789. The molecule has 4 aliphatic rings. The van der Waals surface area contributed by atoms with Gasteiger partial charge in [-0.15, -0.1) is 0 Å². The number of piperidine rings is 1. The van der Waals surface area contributed by atoms with Crippen molar-refractivity contribution in [3.05, 3.63) is 0 Å². The molecule has 0 bridgehead atoms. The van der Waals surface area contributed by atoms with E-state index in [9.17, 15) is 18.0 Å². The number of sulfone groups is 1. The van der Waals surface area contributed by atoms with Gasteiger partial charge in [0.05, 0.1) is 11.3 Å². The van der Waals surface area contributed by atoms with Crippen molar-refractivity contribution in [1.29, 1.82) is 0 Å². The minimum atomic E-state index is -2.98. The first-order valence-corrected chi connectivity index (χ1v) is 13.8. The van der Waals surface area contributed by atoms with Crippen molar-refractivity contribution < 1.29 is 22.7 Å². The van der Waals surface area contributed by atoms with E-state index in [1.807, 2.05) is 16.7 Å². The SMILES string of the molecule is CC(=O)N1C(C)CN(C(=O)C2CCCO2)C2CC(C3CCC(S(C)(=O)=O)CC3)CNC21. The summed E-state index contributed by atoms with van der Waals surface area (Å²) in [5.74, 6) is 0.928. The Morgan fingerprint density at radius 1 is 1.06 bits per heavy atom. The van der Waals surface area contributed by atoms with Gasteiger partial charge in [-0.3, -0.25) is 14.9 Å². The second kappa shape index (κ2) is 8.98. The number of piperazine rings is 1. The third-order valence-electron chi connectivity index (χ3n) is 7.98. The summed E-state index contributed by atoms with van der Waals surface area (Å²) in [6.07, 6.45) is 6.62. The average molecular weight is 456 g/mol. The van der Waals surface area contributed by atoms with Crippen molar-refractivity contribution in [2.24, 2.45) is 11.8 Å². The van der Waals surface area contributed by atoms with E-state index in [0.29, 0.717) is 25.0 Å². The summed E-state index contributed by atoms with van der Waals surface area (Å²) in [7, 11) is -2.98. The number of carbonyl (C=O) groups excluding carboxylic acids is 2. The minimum absolute atomic E-state index is 0.0336. The van der Waals surface area contributed by atoms with Crippen LogP contribution in [-0.4, -0.2) is 85.6 Å². The molecule has 176 valence electrons. The van der Waals surface area contributed by atoms with Crippen LogP contribution in [-0.2, 0) is 24.2 Å². The van der Waals surface area contributed by atoms with Gasteiger partial charge in [-0.05, 0) is 63.7 Å². The van der Waals surface area contributed by atoms with Gasteiger partial charge in [-0.2, -0.15) is 0 Å². The van der Waals surface area contributed by atoms with Crippen LogP contribution in [0.15, 0.2) is 0 Å². The quantitative estimate of drug-likeness (QED) is 0.686. The molecule has 2 amide bonds. The third kappa shape index (κ3) is 4.64. The molecule has 5 atom stereocenters. The van der Waals surface area contributed by atoms with Crippen LogP contribution >= 0.6 is 0 Å². The smallest absolute Gasteiger partial charge is 0.252 e. The molecule has 5 unspecified atom stereocenters. The molecular weight excluding hydrogens is 418 g/mol. The van der Waals surface area contributed by atoms with Crippen LogP contribution in [0.4, 0.5) is 0 Å². The summed E-state index contributed by atoms with van der Waals surface area (Å²) in [4.78, 5) is 29.6. The zero-order chi connectivity index (χ0) is 22.3. The van der Waals surface area contributed by atoms with Crippen LogP contribution in [0, 0.1) is 11.8 Å². The van der Waals surface area contributed by atoms with Crippen molar-refractivity contribution >= 4 is 21.7 Å². The monoisotopic (exact) mass is 455 g/mol. The number of fused-ring (bicyclic) bond motifs is 1. The lowest BCUT2D eigenvalue weighted by Gasteiger charge is -2.55. The van der Waals surface area contributed by atoms with Crippen LogP contribution in [0.5, 0.6) is 0 Å². The van der Waals surface area contributed by atoms with E-state index in [-0.39, 0.29) is 41.4 Å². The zero-order valence-electron chi connectivity index (χ0n) is 19.0. The molecule has 3 saturated heterocycles. The number of ether oxygens (including phenoxy) is 1. The maximum atomic E-state index is 13.3. The molecule has 0 radical (unpaired) electrons. The molecular formula is C22H37N3O5S. The molecule has 8 nitrogen and oxygen atoms in total. The number of nitrogens with zero attached hydrogens (tertiary/aromatic N) is 2. The van der Waals surface area contributed by atoms with Gasteiger partial charge in [0.1, 0.15) is 22.1 Å². The fourth-order valence-electron chi connectivity index (χ4n) is 6.36. The topological polar surface area (TPSA) is 96.0 Å². The average Bonchev–Trinajstić information content (AvgIpc) is 3.26. The Balaban J connectivity index is 1.50. The van der Waals surface area contributed by atoms with Gasteiger partial charge in [-0.1, -0.05) is 0 Å². The second-order valence-electron chi connectivity index (χ2n) is 10.1. The van der Waals surface area contributed by atoms with Crippen molar-refractivity contribution in [1.82, 2.24) is 15.1 Å². The lowest BCUT2D eigenvalue weighted by Crippen LogP contribution is -2.73. The first kappa shape index (κ1) is 23.0. The van der Waals surface area contributed by atoms with Crippen LogP contribution in [0.2, 0.25) is 0 Å². The Morgan fingerprint density at radius 2 is 1.77 bits per heavy atom. The first-order valence-electron chi connectivity index (χ1n) is 11.8. The molecule has 0 aromatic rings. The molecule has 31 heavy (non-hydrogen) atoms. The van der Waals surface area contributed by atoms with E-state index in [1.165, 1.54) is 6.26 Å². The van der Waals surface area contributed by atoms with Gasteiger partial charge in [0, 0.05) is 38.9 Å². The summed E-state index contributed by atoms with van der Waals surface area (Å²) < 4.78 is 29.5. The van der Waals surface area contributed by atoms with Gasteiger partial charge in [0.25, 0.3) is 5.91 Å². The highest BCUT2D eigenvalue weighted by atomic mass is 32.2. The van der Waals surface area contributed by atoms with Gasteiger partial charge in [0.15, 0.2) is 0 Å². The molecule has 3 heterocycles. The summed E-state index contributed by atoms with van der Waals surface area (Å²) in [6.45, 7) is 5.58. The van der Waals surface area contributed by atoms with Crippen LogP contribution in [0.3, 0.4) is 0 Å². The molecule has 3 aliphatic heterocycles. The molecule has 4 fully saturated rings. The number of nitrogens with one attached hydrogen (secondary N) is 1. The number of hydrogen-bond donors (Lipinski definition) is 1. The van der Waals surface area contributed by atoms with Crippen LogP contribution < -0.4 is 5.32 Å². The predicted octanol–water partition coefficient (Wildman–Crippen LogP) is 1.15. The fraction of sp³-hybridized carbons (Fsp3) is 0.909. The molecule has 0 aromatic heterocycles. The maximum absolute atomic E-state index is 13.3. The molecule has 1 saturated carbocycles. The third-order valence-corrected chi connectivity index (χ3v) is 9.66. The van der Waals surface area contributed by atoms with Gasteiger partial charge in [-0.25, -0.2) is 8.42 Å². The van der Waals surface area contributed by atoms with E-state index in [2.05, 4.69) is 5.32 Å². The Labute approximate surface area is 186 Å². The van der Waals surface area contributed by atoms with Crippen molar-refractivity contribution in [2.45, 2.75) is 88.4 Å². The number of hydrogen-bond acceptors (Lipinski definition) is 6.